The van der Waals surface area contributed by atoms with E-state index in [1.165, 1.54) is 6.07 Å². The van der Waals surface area contributed by atoms with E-state index in [2.05, 4.69) is 10.5 Å². The van der Waals surface area contributed by atoms with Gasteiger partial charge in [-0.2, -0.15) is 0 Å². The largest absolute Gasteiger partial charge is 0.478 e. The van der Waals surface area contributed by atoms with Crippen LogP contribution in [0.15, 0.2) is 22.7 Å². The number of nitrogens with zero attached hydrogens (tertiary/aromatic N) is 1. The van der Waals surface area contributed by atoms with E-state index >= 15 is 0 Å². The fourth-order valence-corrected chi connectivity index (χ4v) is 1.94. The average Bonchev–Trinajstić information content (AvgIpc) is 2.81. The second-order valence-corrected chi connectivity index (χ2v) is 4.36. The Labute approximate surface area is 119 Å². The Balaban J connectivity index is 2.36. The van der Waals surface area contributed by atoms with Gasteiger partial charge in [-0.1, -0.05) is 12.1 Å². The number of benzene rings is 1. The van der Waals surface area contributed by atoms with Crippen molar-refractivity contribution >= 4 is 17.6 Å². The van der Waals surface area contributed by atoms with E-state index in [0.29, 0.717) is 17.9 Å². The normalized spacial score (nSPS) is 10.4. The molecule has 0 unspecified atom stereocenters. The quantitative estimate of drug-likeness (QED) is 0.903. The van der Waals surface area contributed by atoms with Crippen LogP contribution in [0.4, 0.5) is 10.1 Å². The lowest BCUT2D eigenvalue weighted by Gasteiger charge is -2.08. The summed E-state index contributed by atoms with van der Waals surface area (Å²) in [5, 5.41) is 15.2. The van der Waals surface area contributed by atoms with E-state index in [9.17, 15) is 14.0 Å². The molecule has 0 bridgehead atoms. The average molecular weight is 292 g/mol. The van der Waals surface area contributed by atoms with Crippen molar-refractivity contribution in [3.63, 3.8) is 0 Å². The van der Waals surface area contributed by atoms with Gasteiger partial charge in [0.15, 0.2) is 0 Å². The summed E-state index contributed by atoms with van der Waals surface area (Å²) >= 11 is 0. The molecule has 0 saturated carbocycles. The lowest BCUT2D eigenvalue weighted by atomic mass is 10.1. The number of carbonyl (C=O) groups excluding carboxylic acids is 1. The van der Waals surface area contributed by atoms with Gasteiger partial charge < -0.3 is 14.9 Å². The van der Waals surface area contributed by atoms with Crippen LogP contribution in [0.5, 0.6) is 0 Å². The van der Waals surface area contributed by atoms with Crippen molar-refractivity contribution in [2.45, 2.75) is 20.3 Å². The van der Waals surface area contributed by atoms with Crippen molar-refractivity contribution < 1.29 is 23.6 Å². The summed E-state index contributed by atoms with van der Waals surface area (Å²) in [6, 6.07) is 3.12. The number of carboxylic acid groups (broad SMARTS) is 1. The Morgan fingerprint density at radius 3 is 2.76 bits per heavy atom. The van der Waals surface area contributed by atoms with Gasteiger partial charge in [-0.05, 0) is 31.5 Å². The SMILES string of the molecule is CCc1noc(C)c1C(=O)Nc1ccc(F)cc1C(=O)O. The number of aromatic carboxylic acids is 1. The first-order chi connectivity index (χ1) is 9.93. The lowest BCUT2D eigenvalue weighted by Crippen LogP contribution is -2.16. The molecular weight excluding hydrogens is 279 g/mol. The zero-order valence-electron chi connectivity index (χ0n) is 11.4. The number of aryl methyl sites for hydroxylation is 2. The Morgan fingerprint density at radius 2 is 2.14 bits per heavy atom. The molecule has 0 aliphatic rings. The van der Waals surface area contributed by atoms with Crippen LogP contribution in [0.2, 0.25) is 0 Å². The third-order valence-corrected chi connectivity index (χ3v) is 2.96. The molecule has 1 aromatic carbocycles. The first-order valence-electron chi connectivity index (χ1n) is 6.23. The molecule has 0 aliphatic heterocycles. The number of amides is 1. The highest BCUT2D eigenvalue weighted by molar-refractivity contribution is 6.08. The molecule has 6 nitrogen and oxygen atoms in total. The van der Waals surface area contributed by atoms with Gasteiger partial charge in [-0.15, -0.1) is 0 Å². The molecule has 110 valence electrons. The van der Waals surface area contributed by atoms with Crippen molar-refractivity contribution in [1.82, 2.24) is 5.16 Å². The van der Waals surface area contributed by atoms with Crippen molar-refractivity contribution in [2.24, 2.45) is 0 Å². The summed E-state index contributed by atoms with van der Waals surface area (Å²) in [5.41, 5.74) is 0.425. The summed E-state index contributed by atoms with van der Waals surface area (Å²) in [5.74, 6) is -2.23. The Hall–Kier alpha value is -2.70. The van der Waals surface area contributed by atoms with Crippen LogP contribution in [-0.4, -0.2) is 22.1 Å². The molecule has 0 fully saturated rings. The lowest BCUT2D eigenvalue weighted by molar-refractivity contribution is 0.0697. The van der Waals surface area contributed by atoms with E-state index in [-0.39, 0.29) is 16.8 Å². The third kappa shape index (κ3) is 2.91. The van der Waals surface area contributed by atoms with Crippen LogP contribution in [0, 0.1) is 12.7 Å². The van der Waals surface area contributed by atoms with Gasteiger partial charge in [0, 0.05) is 0 Å². The molecular formula is C14H13FN2O4. The maximum absolute atomic E-state index is 13.1. The molecule has 2 rings (SSSR count). The molecule has 7 heteroatoms. The Bertz CT molecular complexity index is 709. The van der Waals surface area contributed by atoms with Crippen molar-refractivity contribution in [3.8, 4) is 0 Å². The maximum atomic E-state index is 13.1. The predicted molar refractivity (Wildman–Crippen MR) is 71.9 cm³/mol. The van der Waals surface area contributed by atoms with Crippen LogP contribution >= 0.6 is 0 Å². The van der Waals surface area contributed by atoms with Crippen LogP contribution in [0.25, 0.3) is 0 Å². The van der Waals surface area contributed by atoms with Crippen LogP contribution in [0.3, 0.4) is 0 Å². The minimum absolute atomic E-state index is 0.0107. The summed E-state index contributed by atoms with van der Waals surface area (Å²) in [7, 11) is 0. The molecule has 1 amide bonds. The molecule has 21 heavy (non-hydrogen) atoms. The minimum atomic E-state index is -1.33. The number of carboxylic acids is 1. The van der Waals surface area contributed by atoms with Crippen molar-refractivity contribution in [3.05, 3.63) is 46.6 Å². The minimum Gasteiger partial charge on any atom is -0.478 e. The Morgan fingerprint density at radius 1 is 1.43 bits per heavy atom. The molecule has 0 atom stereocenters. The summed E-state index contributed by atoms with van der Waals surface area (Å²) in [6.07, 6.45) is 0.495. The predicted octanol–water partition coefficient (Wildman–Crippen LogP) is 2.64. The molecule has 2 N–H and O–H groups in total. The molecule has 0 aliphatic carbocycles. The molecule has 1 heterocycles. The monoisotopic (exact) mass is 292 g/mol. The molecule has 1 aromatic heterocycles. The zero-order valence-corrected chi connectivity index (χ0v) is 11.4. The van der Waals surface area contributed by atoms with E-state index < -0.39 is 17.7 Å². The summed E-state index contributed by atoms with van der Waals surface area (Å²) < 4.78 is 18.1. The number of rotatable bonds is 4. The second kappa shape index (κ2) is 5.74. The molecule has 0 radical (unpaired) electrons. The first-order valence-corrected chi connectivity index (χ1v) is 6.23. The van der Waals surface area contributed by atoms with Gasteiger partial charge in [0.05, 0.1) is 16.9 Å². The number of aromatic nitrogens is 1. The smallest absolute Gasteiger partial charge is 0.337 e. The molecule has 0 spiro atoms. The number of carbonyl (C=O) groups is 2. The second-order valence-electron chi connectivity index (χ2n) is 4.36. The fourth-order valence-electron chi connectivity index (χ4n) is 1.94. The number of halogens is 1. The van der Waals surface area contributed by atoms with Gasteiger partial charge in [-0.25, -0.2) is 9.18 Å². The number of hydrogen-bond acceptors (Lipinski definition) is 4. The topological polar surface area (TPSA) is 92.4 Å². The third-order valence-electron chi connectivity index (χ3n) is 2.96. The van der Waals surface area contributed by atoms with Gasteiger partial charge in [0.2, 0.25) is 0 Å². The van der Waals surface area contributed by atoms with Gasteiger partial charge in [0.25, 0.3) is 5.91 Å². The summed E-state index contributed by atoms with van der Waals surface area (Å²) in [4.78, 5) is 23.3. The highest BCUT2D eigenvalue weighted by Gasteiger charge is 2.21. The number of anilines is 1. The summed E-state index contributed by atoms with van der Waals surface area (Å²) in [6.45, 7) is 3.40. The van der Waals surface area contributed by atoms with Crippen LogP contribution < -0.4 is 5.32 Å². The van der Waals surface area contributed by atoms with Gasteiger partial charge in [-0.3, -0.25) is 4.79 Å². The number of nitrogens with one attached hydrogen (secondary N) is 1. The van der Waals surface area contributed by atoms with Crippen molar-refractivity contribution in [2.75, 3.05) is 5.32 Å². The zero-order chi connectivity index (χ0) is 15.6. The molecule has 0 saturated heterocycles. The van der Waals surface area contributed by atoms with E-state index in [4.69, 9.17) is 9.63 Å². The van der Waals surface area contributed by atoms with Gasteiger partial charge in [0.1, 0.15) is 17.1 Å². The Kier molecular flexibility index (Phi) is 4.02. The highest BCUT2D eigenvalue weighted by atomic mass is 19.1. The van der Waals surface area contributed by atoms with Gasteiger partial charge >= 0.3 is 5.97 Å². The van der Waals surface area contributed by atoms with E-state index in [1.807, 2.05) is 6.92 Å². The van der Waals surface area contributed by atoms with E-state index in [0.717, 1.165) is 12.1 Å². The van der Waals surface area contributed by atoms with Crippen molar-refractivity contribution in [1.29, 1.82) is 0 Å². The van der Waals surface area contributed by atoms with E-state index in [1.54, 1.807) is 6.92 Å². The number of hydrogen-bond donors (Lipinski definition) is 2. The van der Waals surface area contributed by atoms with Crippen LogP contribution in [-0.2, 0) is 6.42 Å². The van der Waals surface area contributed by atoms with Crippen LogP contribution in [0.1, 0.15) is 39.1 Å². The maximum Gasteiger partial charge on any atom is 0.337 e. The molecule has 2 aromatic rings. The highest BCUT2D eigenvalue weighted by Crippen LogP contribution is 2.20. The standard InChI is InChI=1S/C14H13FN2O4/c1-3-10-12(7(2)21-17-10)13(18)16-11-5-4-8(15)6-9(11)14(19)20/h4-6H,3H2,1-2H3,(H,16,18)(H,19,20). The fraction of sp³-hybridized carbons (Fsp3) is 0.214. The first kappa shape index (κ1) is 14.7.